The van der Waals surface area contributed by atoms with E-state index in [4.69, 9.17) is 9.47 Å². The van der Waals surface area contributed by atoms with E-state index in [2.05, 4.69) is 11.8 Å². The zero-order chi connectivity index (χ0) is 17.2. The fourth-order valence-corrected chi connectivity index (χ4v) is 2.82. The molecule has 0 spiro atoms. The summed E-state index contributed by atoms with van der Waals surface area (Å²) in [5.74, 6) is 8.07. The van der Waals surface area contributed by atoms with Gasteiger partial charge in [-0.3, -0.25) is 0 Å². The van der Waals surface area contributed by atoms with Gasteiger partial charge in [-0.2, -0.15) is 0 Å². The van der Waals surface area contributed by atoms with Crippen molar-refractivity contribution in [1.29, 1.82) is 0 Å². The molecule has 1 unspecified atom stereocenters. The third kappa shape index (κ3) is 3.25. The van der Waals surface area contributed by atoms with Gasteiger partial charge in [0.2, 0.25) is 0 Å². The summed E-state index contributed by atoms with van der Waals surface area (Å²) in [6.45, 7) is 2.00. The molecule has 24 heavy (non-hydrogen) atoms. The van der Waals surface area contributed by atoms with E-state index in [0.717, 1.165) is 41.0 Å². The van der Waals surface area contributed by atoms with Crippen LogP contribution in [0, 0.1) is 24.7 Å². The topological polar surface area (TPSA) is 38.7 Å². The SMILES string of the molecule is COc1ccc(C(O)(C#Cc2ccc(OC)cc2C)C2CC2)cc1. The van der Waals surface area contributed by atoms with Crippen molar-refractivity contribution >= 4 is 0 Å². The number of benzene rings is 2. The molecule has 1 aliphatic rings. The minimum atomic E-state index is -1.11. The highest BCUT2D eigenvalue weighted by Crippen LogP contribution is 2.45. The third-order valence-corrected chi connectivity index (χ3v) is 4.52. The Morgan fingerprint density at radius 1 is 1.00 bits per heavy atom. The first kappa shape index (κ1) is 16.4. The van der Waals surface area contributed by atoms with Crippen LogP contribution < -0.4 is 9.47 Å². The first-order chi connectivity index (χ1) is 11.6. The van der Waals surface area contributed by atoms with Crippen LogP contribution in [-0.4, -0.2) is 19.3 Å². The second-order valence-corrected chi connectivity index (χ2v) is 6.20. The summed E-state index contributed by atoms with van der Waals surface area (Å²) in [5, 5.41) is 11.2. The summed E-state index contributed by atoms with van der Waals surface area (Å²) in [7, 11) is 3.28. The van der Waals surface area contributed by atoms with E-state index in [1.54, 1.807) is 14.2 Å². The Kier molecular flexibility index (Phi) is 4.51. The molecule has 0 aliphatic heterocycles. The molecule has 1 saturated carbocycles. The summed E-state index contributed by atoms with van der Waals surface area (Å²) < 4.78 is 10.4. The molecular weight excluding hydrogens is 300 g/mol. The van der Waals surface area contributed by atoms with Crippen molar-refractivity contribution in [3.63, 3.8) is 0 Å². The summed E-state index contributed by atoms with van der Waals surface area (Å²) in [4.78, 5) is 0. The molecule has 0 amide bonds. The summed E-state index contributed by atoms with van der Waals surface area (Å²) >= 11 is 0. The van der Waals surface area contributed by atoms with Gasteiger partial charge in [0.15, 0.2) is 5.60 Å². The maximum absolute atomic E-state index is 11.2. The predicted molar refractivity (Wildman–Crippen MR) is 94.2 cm³/mol. The molecule has 0 radical (unpaired) electrons. The Bertz CT molecular complexity index is 779. The van der Waals surface area contributed by atoms with Gasteiger partial charge in [0.25, 0.3) is 0 Å². The minimum Gasteiger partial charge on any atom is -0.497 e. The molecule has 124 valence electrons. The average molecular weight is 322 g/mol. The second-order valence-electron chi connectivity index (χ2n) is 6.20. The predicted octanol–water partition coefficient (Wildman–Crippen LogP) is 3.66. The Morgan fingerprint density at radius 2 is 1.62 bits per heavy atom. The van der Waals surface area contributed by atoms with E-state index in [9.17, 15) is 5.11 Å². The first-order valence-corrected chi connectivity index (χ1v) is 8.11. The fraction of sp³-hybridized carbons (Fsp3) is 0.333. The fourth-order valence-electron chi connectivity index (χ4n) is 2.82. The van der Waals surface area contributed by atoms with Crippen LogP contribution in [-0.2, 0) is 5.60 Å². The highest BCUT2D eigenvalue weighted by Gasteiger charge is 2.44. The lowest BCUT2D eigenvalue weighted by atomic mass is 9.89. The number of aliphatic hydroxyl groups is 1. The number of hydrogen-bond donors (Lipinski definition) is 1. The lowest BCUT2D eigenvalue weighted by Gasteiger charge is -2.23. The maximum atomic E-state index is 11.2. The van der Waals surface area contributed by atoms with Crippen LogP contribution in [0.15, 0.2) is 42.5 Å². The Morgan fingerprint density at radius 3 is 2.17 bits per heavy atom. The normalized spacial score (nSPS) is 15.8. The van der Waals surface area contributed by atoms with E-state index < -0.39 is 5.60 Å². The van der Waals surface area contributed by atoms with E-state index in [0.29, 0.717) is 0 Å². The molecule has 0 heterocycles. The molecule has 3 nitrogen and oxygen atoms in total. The van der Waals surface area contributed by atoms with E-state index in [1.165, 1.54) is 0 Å². The Balaban J connectivity index is 1.95. The zero-order valence-electron chi connectivity index (χ0n) is 14.3. The van der Waals surface area contributed by atoms with Crippen LogP contribution in [0.4, 0.5) is 0 Å². The maximum Gasteiger partial charge on any atom is 0.154 e. The Labute approximate surface area is 143 Å². The van der Waals surface area contributed by atoms with Crippen LogP contribution in [0.25, 0.3) is 0 Å². The van der Waals surface area contributed by atoms with Crippen LogP contribution >= 0.6 is 0 Å². The van der Waals surface area contributed by atoms with Crippen LogP contribution in [0.2, 0.25) is 0 Å². The molecule has 1 N–H and O–H groups in total. The number of ether oxygens (including phenoxy) is 2. The van der Waals surface area contributed by atoms with Crippen molar-refractivity contribution in [3.8, 4) is 23.3 Å². The van der Waals surface area contributed by atoms with E-state index in [1.807, 2.05) is 49.4 Å². The smallest absolute Gasteiger partial charge is 0.154 e. The largest absolute Gasteiger partial charge is 0.497 e. The molecule has 3 rings (SSSR count). The number of methoxy groups -OCH3 is 2. The van der Waals surface area contributed by atoms with Crippen molar-refractivity contribution < 1.29 is 14.6 Å². The van der Waals surface area contributed by atoms with Gasteiger partial charge in [-0.05, 0) is 61.2 Å². The average Bonchev–Trinajstić information content (AvgIpc) is 3.46. The van der Waals surface area contributed by atoms with Gasteiger partial charge in [0, 0.05) is 11.5 Å². The number of hydrogen-bond acceptors (Lipinski definition) is 3. The standard InChI is InChI=1S/C21H22O3/c1-15-14-20(24-3)9-4-16(15)12-13-21(22,17-5-6-17)18-7-10-19(23-2)11-8-18/h4,7-11,14,17,22H,5-6H2,1-3H3. The van der Waals surface area contributed by atoms with Crippen molar-refractivity contribution in [2.24, 2.45) is 5.92 Å². The first-order valence-electron chi connectivity index (χ1n) is 8.11. The molecule has 0 bridgehead atoms. The van der Waals surface area contributed by atoms with Gasteiger partial charge < -0.3 is 14.6 Å². The van der Waals surface area contributed by atoms with E-state index >= 15 is 0 Å². The van der Waals surface area contributed by atoms with Crippen molar-refractivity contribution in [2.75, 3.05) is 14.2 Å². The highest BCUT2D eigenvalue weighted by atomic mass is 16.5. The van der Waals surface area contributed by atoms with Gasteiger partial charge >= 0.3 is 0 Å². The van der Waals surface area contributed by atoms with E-state index in [-0.39, 0.29) is 5.92 Å². The molecular formula is C21H22O3. The summed E-state index contributed by atoms with van der Waals surface area (Å²) in [6, 6.07) is 13.3. The zero-order valence-corrected chi connectivity index (χ0v) is 14.3. The quantitative estimate of drug-likeness (QED) is 0.873. The van der Waals surface area contributed by atoms with Gasteiger partial charge in [0.1, 0.15) is 11.5 Å². The van der Waals surface area contributed by atoms with Crippen molar-refractivity contribution in [3.05, 3.63) is 59.2 Å². The molecule has 0 aromatic heterocycles. The monoisotopic (exact) mass is 322 g/mol. The second kappa shape index (κ2) is 6.59. The molecule has 0 saturated heterocycles. The van der Waals surface area contributed by atoms with Crippen molar-refractivity contribution in [2.45, 2.75) is 25.4 Å². The van der Waals surface area contributed by atoms with Gasteiger partial charge in [0.05, 0.1) is 14.2 Å². The van der Waals surface area contributed by atoms with Crippen LogP contribution in [0.3, 0.4) is 0 Å². The molecule has 2 aromatic rings. The summed E-state index contributed by atoms with van der Waals surface area (Å²) in [5.41, 5.74) is 1.65. The lowest BCUT2D eigenvalue weighted by Crippen LogP contribution is -2.26. The number of rotatable bonds is 4. The van der Waals surface area contributed by atoms with Crippen LogP contribution in [0.5, 0.6) is 11.5 Å². The minimum absolute atomic E-state index is 0.192. The molecule has 1 fully saturated rings. The van der Waals surface area contributed by atoms with Crippen LogP contribution in [0.1, 0.15) is 29.5 Å². The van der Waals surface area contributed by atoms with Gasteiger partial charge in [-0.1, -0.05) is 24.0 Å². The molecule has 3 heteroatoms. The number of aryl methyl sites for hydroxylation is 1. The highest BCUT2D eigenvalue weighted by molar-refractivity contribution is 5.48. The van der Waals surface area contributed by atoms with Gasteiger partial charge in [-0.15, -0.1) is 0 Å². The van der Waals surface area contributed by atoms with Crippen molar-refractivity contribution in [1.82, 2.24) is 0 Å². The van der Waals surface area contributed by atoms with Gasteiger partial charge in [-0.25, -0.2) is 0 Å². The lowest BCUT2D eigenvalue weighted by molar-refractivity contribution is 0.0756. The Hall–Kier alpha value is -2.44. The molecule has 2 aromatic carbocycles. The third-order valence-electron chi connectivity index (χ3n) is 4.52. The molecule has 1 aliphatic carbocycles. The molecule has 1 atom stereocenters. The summed E-state index contributed by atoms with van der Waals surface area (Å²) in [6.07, 6.45) is 2.00.